The van der Waals surface area contributed by atoms with Crippen molar-refractivity contribution in [3.05, 3.63) is 45.6 Å². The number of aryl methyl sites for hydroxylation is 1. The van der Waals surface area contributed by atoms with Gasteiger partial charge in [-0.15, -0.1) is 11.3 Å². The Balaban J connectivity index is 1.48. The van der Waals surface area contributed by atoms with E-state index in [-0.39, 0.29) is 12.5 Å². The molecule has 1 aliphatic heterocycles. The molecule has 2 aromatic rings. The van der Waals surface area contributed by atoms with Crippen LogP contribution in [0.2, 0.25) is 0 Å². The Morgan fingerprint density at radius 3 is 2.93 bits per heavy atom. The number of anilines is 2. The van der Waals surface area contributed by atoms with E-state index in [4.69, 9.17) is 4.74 Å². The molecule has 0 bridgehead atoms. The number of thiophene rings is 1. The summed E-state index contributed by atoms with van der Waals surface area (Å²) in [6.45, 7) is 3.67. The second kappa shape index (κ2) is 7.39. The van der Waals surface area contributed by atoms with E-state index in [1.165, 1.54) is 26.7 Å². The maximum Gasteiger partial charge on any atom is 0.349 e. The van der Waals surface area contributed by atoms with Crippen LogP contribution < -0.4 is 10.2 Å². The third-order valence-corrected chi connectivity index (χ3v) is 6.42. The van der Waals surface area contributed by atoms with Crippen molar-refractivity contribution in [2.75, 3.05) is 16.8 Å². The number of para-hydroxylation sites is 2. The number of benzene rings is 1. The summed E-state index contributed by atoms with van der Waals surface area (Å²) in [5.74, 6) is -0.546. The lowest BCUT2D eigenvalue weighted by Crippen LogP contribution is -2.47. The number of rotatable bonds is 3. The number of carbonyl (C=O) groups is 3. The molecule has 146 valence electrons. The summed E-state index contributed by atoms with van der Waals surface area (Å²) in [4.78, 5) is 40.6. The molecule has 28 heavy (non-hydrogen) atoms. The second-order valence-electron chi connectivity index (χ2n) is 7.44. The molecule has 2 amide bonds. The van der Waals surface area contributed by atoms with Crippen LogP contribution in [0.1, 0.15) is 40.4 Å². The maximum atomic E-state index is 12.9. The summed E-state index contributed by atoms with van der Waals surface area (Å²) in [7, 11) is 0. The predicted molar refractivity (Wildman–Crippen MR) is 108 cm³/mol. The van der Waals surface area contributed by atoms with E-state index >= 15 is 0 Å². The largest absolute Gasteiger partial charge is 0.448 e. The molecule has 4 rings (SSSR count). The zero-order chi connectivity index (χ0) is 19.8. The van der Waals surface area contributed by atoms with Crippen molar-refractivity contribution in [2.45, 2.75) is 39.2 Å². The molecule has 2 aliphatic rings. The summed E-state index contributed by atoms with van der Waals surface area (Å²) in [6.07, 6.45) is 2.12. The van der Waals surface area contributed by atoms with Crippen LogP contribution in [0.15, 0.2) is 30.3 Å². The van der Waals surface area contributed by atoms with Gasteiger partial charge in [0.15, 0.2) is 6.10 Å². The van der Waals surface area contributed by atoms with Gasteiger partial charge in [-0.1, -0.05) is 19.1 Å². The standard InChI is InChI=1S/C21H22N2O4S/c1-12-7-8-17-14(9-12)10-18(28-17)21(26)27-13(2)20(25)23-11-19(24)22-15-5-3-4-6-16(15)23/h3-6,10,12-13H,7-9,11H2,1-2H3,(H,22,24)/t12-,13-/m0/s1. The van der Waals surface area contributed by atoms with Gasteiger partial charge in [0, 0.05) is 4.88 Å². The van der Waals surface area contributed by atoms with Crippen LogP contribution in [0.25, 0.3) is 0 Å². The molecule has 2 heterocycles. The molecule has 0 unspecified atom stereocenters. The third kappa shape index (κ3) is 3.54. The van der Waals surface area contributed by atoms with Crippen LogP contribution in [-0.4, -0.2) is 30.4 Å². The zero-order valence-corrected chi connectivity index (χ0v) is 16.7. The van der Waals surface area contributed by atoms with Crippen LogP contribution in [0.5, 0.6) is 0 Å². The van der Waals surface area contributed by atoms with Crippen molar-refractivity contribution in [1.82, 2.24) is 0 Å². The molecule has 7 heteroatoms. The average Bonchev–Trinajstić information content (AvgIpc) is 3.10. The highest BCUT2D eigenvalue weighted by molar-refractivity contribution is 7.14. The van der Waals surface area contributed by atoms with Gasteiger partial charge < -0.3 is 10.1 Å². The topological polar surface area (TPSA) is 75.7 Å². The number of nitrogens with one attached hydrogen (secondary N) is 1. The van der Waals surface area contributed by atoms with Gasteiger partial charge in [-0.2, -0.15) is 0 Å². The van der Waals surface area contributed by atoms with Crippen LogP contribution in [-0.2, 0) is 27.2 Å². The van der Waals surface area contributed by atoms with E-state index < -0.39 is 18.0 Å². The molecule has 1 N–H and O–H groups in total. The molecule has 0 fully saturated rings. The molecule has 0 saturated heterocycles. The van der Waals surface area contributed by atoms with Gasteiger partial charge in [-0.05, 0) is 55.9 Å². The predicted octanol–water partition coefficient (Wildman–Crippen LogP) is 3.40. The zero-order valence-electron chi connectivity index (χ0n) is 15.9. The van der Waals surface area contributed by atoms with Gasteiger partial charge in [0.2, 0.25) is 5.91 Å². The summed E-state index contributed by atoms with van der Waals surface area (Å²) in [6, 6.07) is 8.98. The number of fused-ring (bicyclic) bond motifs is 2. The number of hydrogen-bond donors (Lipinski definition) is 1. The first-order chi connectivity index (χ1) is 13.4. The Morgan fingerprint density at radius 1 is 1.32 bits per heavy atom. The van der Waals surface area contributed by atoms with Crippen molar-refractivity contribution >= 4 is 40.5 Å². The Bertz CT molecular complexity index is 952. The Labute approximate surface area is 167 Å². The van der Waals surface area contributed by atoms with Gasteiger partial charge in [0.25, 0.3) is 5.91 Å². The quantitative estimate of drug-likeness (QED) is 0.804. The number of esters is 1. The second-order valence-corrected chi connectivity index (χ2v) is 8.58. The van der Waals surface area contributed by atoms with Gasteiger partial charge >= 0.3 is 5.97 Å². The summed E-state index contributed by atoms with van der Waals surface area (Å²) in [5.41, 5.74) is 2.40. The fraction of sp³-hybridized carbons (Fsp3) is 0.381. The van der Waals surface area contributed by atoms with E-state index in [1.807, 2.05) is 6.07 Å². The SMILES string of the molecule is C[C@H]1CCc2sc(C(=O)O[C@@H](C)C(=O)N3CC(=O)Nc4ccccc43)cc2C1. The maximum absolute atomic E-state index is 12.9. The lowest BCUT2D eigenvalue weighted by molar-refractivity contribution is -0.128. The molecular formula is C21H22N2O4S. The van der Waals surface area contributed by atoms with E-state index in [0.717, 1.165) is 19.3 Å². The van der Waals surface area contributed by atoms with Gasteiger partial charge in [-0.3, -0.25) is 14.5 Å². The summed E-state index contributed by atoms with van der Waals surface area (Å²) >= 11 is 1.46. The fourth-order valence-electron chi connectivity index (χ4n) is 3.72. The van der Waals surface area contributed by atoms with Crippen molar-refractivity contribution in [3.63, 3.8) is 0 Å². The number of ether oxygens (including phenoxy) is 1. The number of nitrogens with zero attached hydrogens (tertiary/aromatic N) is 1. The summed E-state index contributed by atoms with van der Waals surface area (Å²) < 4.78 is 5.45. The van der Waals surface area contributed by atoms with Gasteiger partial charge in [0.05, 0.1) is 11.4 Å². The lowest BCUT2D eigenvalue weighted by atomic mass is 9.90. The average molecular weight is 398 g/mol. The summed E-state index contributed by atoms with van der Waals surface area (Å²) in [5, 5.41) is 2.74. The highest BCUT2D eigenvalue weighted by Gasteiger charge is 2.32. The fourth-order valence-corrected chi connectivity index (χ4v) is 4.82. The van der Waals surface area contributed by atoms with E-state index in [9.17, 15) is 14.4 Å². The molecule has 0 spiro atoms. The van der Waals surface area contributed by atoms with Crippen molar-refractivity contribution < 1.29 is 19.1 Å². The monoisotopic (exact) mass is 398 g/mol. The Hall–Kier alpha value is -2.67. The molecule has 1 aromatic carbocycles. The molecule has 1 aromatic heterocycles. The highest BCUT2D eigenvalue weighted by Crippen LogP contribution is 2.33. The number of amides is 2. The number of hydrogen-bond acceptors (Lipinski definition) is 5. The van der Waals surface area contributed by atoms with Crippen molar-refractivity contribution in [3.8, 4) is 0 Å². The molecule has 1 aliphatic carbocycles. The van der Waals surface area contributed by atoms with Crippen molar-refractivity contribution in [1.29, 1.82) is 0 Å². The van der Waals surface area contributed by atoms with Crippen LogP contribution in [0, 0.1) is 5.92 Å². The first kappa shape index (κ1) is 18.7. The lowest BCUT2D eigenvalue weighted by Gasteiger charge is -2.30. The first-order valence-electron chi connectivity index (χ1n) is 9.45. The minimum atomic E-state index is -0.982. The van der Waals surface area contributed by atoms with Crippen molar-refractivity contribution in [2.24, 2.45) is 5.92 Å². The van der Waals surface area contributed by atoms with E-state index in [1.54, 1.807) is 31.2 Å². The van der Waals surface area contributed by atoms with Crippen LogP contribution in [0.4, 0.5) is 11.4 Å². The van der Waals surface area contributed by atoms with Crippen LogP contribution in [0.3, 0.4) is 0 Å². The highest BCUT2D eigenvalue weighted by atomic mass is 32.1. The van der Waals surface area contributed by atoms with E-state index in [2.05, 4.69) is 12.2 Å². The first-order valence-corrected chi connectivity index (χ1v) is 10.3. The smallest absolute Gasteiger partial charge is 0.349 e. The van der Waals surface area contributed by atoms with E-state index in [0.29, 0.717) is 22.2 Å². The molecule has 0 radical (unpaired) electrons. The minimum absolute atomic E-state index is 0.0943. The third-order valence-electron chi connectivity index (χ3n) is 5.20. The molecule has 0 saturated carbocycles. The normalized spacial score (nSPS) is 19.3. The molecular weight excluding hydrogens is 376 g/mol. The number of carbonyl (C=O) groups excluding carboxylic acids is 3. The van der Waals surface area contributed by atoms with Gasteiger partial charge in [0.1, 0.15) is 11.4 Å². The Kier molecular flexibility index (Phi) is 4.93. The minimum Gasteiger partial charge on any atom is -0.448 e. The molecule has 2 atom stereocenters. The Morgan fingerprint density at radius 2 is 2.11 bits per heavy atom. The van der Waals surface area contributed by atoms with Gasteiger partial charge in [-0.25, -0.2) is 4.79 Å². The molecule has 6 nitrogen and oxygen atoms in total. The van der Waals surface area contributed by atoms with Crippen LogP contribution >= 0.6 is 11.3 Å².